The van der Waals surface area contributed by atoms with Gasteiger partial charge in [0.05, 0.1) is 0 Å². The summed E-state index contributed by atoms with van der Waals surface area (Å²) in [4.78, 5) is 10.9. The Morgan fingerprint density at radius 2 is 2.10 bits per heavy atom. The zero-order chi connectivity index (χ0) is 13.9. The first kappa shape index (κ1) is 14.3. The molecule has 2 fully saturated rings. The minimum absolute atomic E-state index is 0.660. The SMILES string of the molecule is CCN1CCC(N(C)c2ncc(CNC3CC3)s2)CC1. The number of nitrogens with one attached hydrogen (secondary N) is 1. The van der Waals surface area contributed by atoms with Crippen LogP contribution in [0.1, 0.15) is 37.5 Å². The van der Waals surface area contributed by atoms with Crippen molar-refractivity contribution in [3.8, 4) is 0 Å². The predicted molar refractivity (Wildman–Crippen MR) is 85.5 cm³/mol. The molecule has 4 nitrogen and oxygen atoms in total. The second-order valence-corrected chi connectivity index (χ2v) is 7.13. The fourth-order valence-corrected chi connectivity index (χ4v) is 3.75. The van der Waals surface area contributed by atoms with Crippen LogP contribution >= 0.6 is 11.3 Å². The second kappa shape index (κ2) is 6.41. The smallest absolute Gasteiger partial charge is 0.185 e. The number of piperidine rings is 1. The number of hydrogen-bond donors (Lipinski definition) is 1. The maximum absolute atomic E-state index is 4.62. The van der Waals surface area contributed by atoms with Crippen molar-refractivity contribution in [2.75, 3.05) is 31.6 Å². The largest absolute Gasteiger partial charge is 0.348 e. The van der Waals surface area contributed by atoms with Gasteiger partial charge in [0.1, 0.15) is 0 Å². The van der Waals surface area contributed by atoms with Crippen LogP contribution in [0.3, 0.4) is 0 Å². The van der Waals surface area contributed by atoms with E-state index in [2.05, 4.69) is 34.1 Å². The molecule has 0 radical (unpaired) electrons. The lowest BCUT2D eigenvalue weighted by Gasteiger charge is -2.36. The maximum atomic E-state index is 4.62. The van der Waals surface area contributed by atoms with Crippen LogP contribution in [0.25, 0.3) is 0 Å². The summed E-state index contributed by atoms with van der Waals surface area (Å²) in [5.41, 5.74) is 0. The zero-order valence-electron chi connectivity index (χ0n) is 12.6. The summed E-state index contributed by atoms with van der Waals surface area (Å²) in [6.07, 6.45) is 7.27. The van der Waals surface area contributed by atoms with Crippen LogP contribution in [0, 0.1) is 0 Å². The number of aromatic nitrogens is 1. The van der Waals surface area contributed by atoms with Crippen molar-refractivity contribution in [2.45, 2.75) is 51.2 Å². The quantitative estimate of drug-likeness (QED) is 0.872. The van der Waals surface area contributed by atoms with Crippen molar-refractivity contribution in [1.82, 2.24) is 15.2 Å². The topological polar surface area (TPSA) is 31.4 Å². The van der Waals surface area contributed by atoms with E-state index in [0.717, 1.165) is 12.6 Å². The molecule has 2 aliphatic rings. The second-order valence-electron chi connectivity index (χ2n) is 6.04. The molecule has 1 aromatic heterocycles. The van der Waals surface area contributed by atoms with Gasteiger partial charge in [-0.25, -0.2) is 4.98 Å². The molecule has 20 heavy (non-hydrogen) atoms. The Morgan fingerprint density at radius 3 is 2.75 bits per heavy atom. The minimum Gasteiger partial charge on any atom is -0.348 e. The summed E-state index contributed by atoms with van der Waals surface area (Å²) in [5, 5.41) is 4.75. The lowest BCUT2D eigenvalue weighted by molar-refractivity contribution is 0.221. The first-order valence-electron chi connectivity index (χ1n) is 7.89. The molecule has 1 N–H and O–H groups in total. The maximum Gasteiger partial charge on any atom is 0.185 e. The molecule has 1 aliphatic carbocycles. The van der Waals surface area contributed by atoms with Crippen LogP contribution in [-0.4, -0.2) is 48.6 Å². The van der Waals surface area contributed by atoms with Gasteiger partial charge in [-0.1, -0.05) is 6.92 Å². The number of thiazole rings is 1. The summed E-state index contributed by atoms with van der Waals surface area (Å²) in [6.45, 7) is 6.89. The molecule has 0 aromatic carbocycles. The minimum atomic E-state index is 0.660. The van der Waals surface area contributed by atoms with Gasteiger partial charge in [-0.3, -0.25) is 0 Å². The summed E-state index contributed by atoms with van der Waals surface area (Å²) < 4.78 is 0. The van der Waals surface area contributed by atoms with E-state index in [1.807, 2.05) is 17.5 Å². The van der Waals surface area contributed by atoms with Crippen LogP contribution in [0.15, 0.2) is 6.20 Å². The highest BCUT2D eigenvalue weighted by molar-refractivity contribution is 7.15. The predicted octanol–water partition coefficient (Wildman–Crippen LogP) is 2.32. The van der Waals surface area contributed by atoms with Gasteiger partial charge in [0.15, 0.2) is 5.13 Å². The first-order chi connectivity index (χ1) is 9.76. The number of rotatable bonds is 6. The molecule has 1 saturated carbocycles. The van der Waals surface area contributed by atoms with Crippen molar-refractivity contribution in [3.05, 3.63) is 11.1 Å². The van der Waals surface area contributed by atoms with E-state index in [1.54, 1.807) is 0 Å². The van der Waals surface area contributed by atoms with Gasteiger partial charge in [-0.2, -0.15) is 0 Å². The van der Waals surface area contributed by atoms with Gasteiger partial charge < -0.3 is 15.1 Å². The highest BCUT2D eigenvalue weighted by atomic mass is 32.1. The average Bonchev–Trinajstić information content (AvgIpc) is 3.21. The molecule has 0 amide bonds. The Morgan fingerprint density at radius 1 is 1.35 bits per heavy atom. The van der Waals surface area contributed by atoms with E-state index in [1.165, 1.54) is 55.3 Å². The van der Waals surface area contributed by atoms with Crippen molar-refractivity contribution >= 4 is 16.5 Å². The van der Waals surface area contributed by atoms with E-state index < -0.39 is 0 Å². The van der Waals surface area contributed by atoms with Gasteiger partial charge in [0.2, 0.25) is 0 Å². The highest BCUT2D eigenvalue weighted by Gasteiger charge is 2.24. The van der Waals surface area contributed by atoms with E-state index >= 15 is 0 Å². The fraction of sp³-hybridized carbons (Fsp3) is 0.800. The third kappa shape index (κ3) is 3.51. The van der Waals surface area contributed by atoms with Gasteiger partial charge in [0, 0.05) is 49.8 Å². The number of nitrogens with zero attached hydrogens (tertiary/aromatic N) is 3. The molecule has 1 aromatic rings. The third-order valence-corrected chi connectivity index (χ3v) is 5.63. The molecular weight excluding hydrogens is 268 g/mol. The average molecular weight is 294 g/mol. The Hall–Kier alpha value is -0.650. The lowest BCUT2D eigenvalue weighted by atomic mass is 10.0. The van der Waals surface area contributed by atoms with E-state index in [-0.39, 0.29) is 0 Å². The van der Waals surface area contributed by atoms with E-state index in [9.17, 15) is 0 Å². The number of hydrogen-bond acceptors (Lipinski definition) is 5. The number of likely N-dealkylation sites (tertiary alicyclic amines) is 1. The van der Waals surface area contributed by atoms with Crippen LogP contribution < -0.4 is 10.2 Å². The Bertz CT molecular complexity index is 421. The van der Waals surface area contributed by atoms with Crippen molar-refractivity contribution in [2.24, 2.45) is 0 Å². The molecule has 112 valence electrons. The Kier molecular flexibility index (Phi) is 4.58. The summed E-state index contributed by atoms with van der Waals surface area (Å²) >= 11 is 1.85. The Labute approximate surface area is 126 Å². The molecule has 0 spiro atoms. The van der Waals surface area contributed by atoms with Gasteiger partial charge in [-0.15, -0.1) is 11.3 Å². The summed E-state index contributed by atoms with van der Waals surface area (Å²) in [5.74, 6) is 0. The number of anilines is 1. The van der Waals surface area contributed by atoms with Crippen molar-refractivity contribution < 1.29 is 0 Å². The molecule has 0 bridgehead atoms. The normalized spacial score (nSPS) is 21.3. The molecule has 3 rings (SSSR count). The lowest BCUT2D eigenvalue weighted by Crippen LogP contribution is -2.43. The molecule has 2 heterocycles. The first-order valence-corrected chi connectivity index (χ1v) is 8.71. The molecule has 5 heteroatoms. The standard InChI is InChI=1S/C15H26N4S/c1-3-19-8-6-13(7-9-19)18(2)15-17-11-14(20-15)10-16-12-4-5-12/h11-13,16H,3-10H2,1-2H3. The van der Waals surface area contributed by atoms with Crippen LogP contribution in [-0.2, 0) is 6.54 Å². The summed E-state index contributed by atoms with van der Waals surface area (Å²) in [7, 11) is 2.21. The molecule has 0 unspecified atom stereocenters. The van der Waals surface area contributed by atoms with Crippen molar-refractivity contribution in [3.63, 3.8) is 0 Å². The highest BCUT2D eigenvalue weighted by Crippen LogP contribution is 2.27. The van der Waals surface area contributed by atoms with Gasteiger partial charge >= 0.3 is 0 Å². The molecular formula is C15H26N4S. The van der Waals surface area contributed by atoms with Crippen LogP contribution in [0.4, 0.5) is 5.13 Å². The van der Waals surface area contributed by atoms with E-state index in [0.29, 0.717) is 6.04 Å². The molecule has 0 atom stereocenters. The Balaban J connectivity index is 1.52. The zero-order valence-corrected chi connectivity index (χ0v) is 13.5. The van der Waals surface area contributed by atoms with Gasteiger partial charge in [0.25, 0.3) is 0 Å². The van der Waals surface area contributed by atoms with Crippen molar-refractivity contribution in [1.29, 1.82) is 0 Å². The van der Waals surface area contributed by atoms with Gasteiger partial charge in [-0.05, 0) is 32.2 Å². The fourth-order valence-electron chi connectivity index (χ4n) is 2.85. The monoisotopic (exact) mass is 294 g/mol. The summed E-state index contributed by atoms with van der Waals surface area (Å²) in [6, 6.07) is 1.44. The third-order valence-electron chi connectivity index (χ3n) is 4.54. The van der Waals surface area contributed by atoms with E-state index in [4.69, 9.17) is 0 Å². The van der Waals surface area contributed by atoms with Crippen LogP contribution in [0.2, 0.25) is 0 Å². The molecule has 1 aliphatic heterocycles. The van der Waals surface area contributed by atoms with Crippen LogP contribution in [0.5, 0.6) is 0 Å². The molecule has 1 saturated heterocycles.